The van der Waals surface area contributed by atoms with Crippen LogP contribution in [0.2, 0.25) is 0 Å². The number of aromatic nitrogens is 1. The molecule has 0 aliphatic heterocycles. The zero-order valence-electron chi connectivity index (χ0n) is 17.2. The van der Waals surface area contributed by atoms with Crippen molar-refractivity contribution in [3.63, 3.8) is 0 Å². The molecule has 0 aliphatic carbocycles. The molecule has 0 radical (unpaired) electrons. The Hall–Kier alpha value is -2.70. The van der Waals surface area contributed by atoms with E-state index < -0.39 is 5.97 Å². The Labute approximate surface area is 170 Å². The Morgan fingerprint density at radius 3 is 2.59 bits per heavy atom. The zero-order valence-corrected chi connectivity index (χ0v) is 17.2. The topological polar surface area (TPSA) is 81.4 Å². The van der Waals surface area contributed by atoms with Crippen molar-refractivity contribution in [3.05, 3.63) is 42.2 Å². The lowest BCUT2D eigenvalue weighted by Crippen LogP contribution is -2.35. The lowest BCUT2D eigenvalue weighted by atomic mass is 10.0. The van der Waals surface area contributed by atoms with Gasteiger partial charge < -0.3 is 14.5 Å². The first-order valence-electron chi connectivity index (χ1n) is 9.99. The molecule has 0 spiro atoms. The Morgan fingerprint density at radius 2 is 1.90 bits per heavy atom. The Morgan fingerprint density at radius 1 is 1.17 bits per heavy atom. The van der Waals surface area contributed by atoms with Gasteiger partial charge in [0.25, 0.3) is 5.91 Å². The highest BCUT2D eigenvalue weighted by atomic mass is 19.1. The van der Waals surface area contributed by atoms with E-state index in [1.807, 2.05) is 6.92 Å². The van der Waals surface area contributed by atoms with Crippen LogP contribution in [0.5, 0.6) is 0 Å². The second-order valence-electron chi connectivity index (χ2n) is 7.58. The summed E-state index contributed by atoms with van der Waals surface area (Å²) in [5.41, 5.74) is 0.701. The number of aryl methyl sites for hydroxylation is 1. The van der Waals surface area contributed by atoms with Crippen molar-refractivity contribution in [2.45, 2.75) is 58.9 Å². The van der Waals surface area contributed by atoms with Crippen LogP contribution in [0.3, 0.4) is 0 Å². The molecule has 0 saturated carbocycles. The summed E-state index contributed by atoms with van der Waals surface area (Å²) in [6, 6.07) is 5.92. The molecule has 1 heterocycles. The molecule has 1 aromatic heterocycles. The highest BCUT2D eigenvalue weighted by Gasteiger charge is 2.13. The van der Waals surface area contributed by atoms with Crippen molar-refractivity contribution in [2.75, 3.05) is 6.61 Å². The van der Waals surface area contributed by atoms with E-state index in [0.29, 0.717) is 23.1 Å². The molecule has 1 aromatic carbocycles. The third kappa shape index (κ3) is 8.46. The minimum atomic E-state index is -0.492. The van der Waals surface area contributed by atoms with Gasteiger partial charge in [0, 0.05) is 18.0 Å². The summed E-state index contributed by atoms with van der Waals surface area (Å²) in [5, 5.41) is 2.83. The molecule has 29 heavy (non-hydrogen) atoms. The normalized spacial score (nSPS) is 12.0. The Kier molecular flexibility index (Phi) is 8.83. The summed E-state index contributed by atoms with van der Waals surface area (Å²) in [6.45, 7) is 6.00. The van der Waals surface area contributed by atoms with E-state index in [-0.39, 0.29) is 37.2 Å². The maximum atomic E-state index is 13.0. The third-order valence-electron chi connectivity index (χ3n) is 4.42. The summed E-state index contributed by atoms with van der Waals surface area (Å²) in [5.74, 6) is 0.405. The van der Waals surface area contributed by atoms with Crippen molar-refractivity contribution in [3.8, 4) is 11.3 Å². The molecule has 6 nitrogen and oxygen atoms in total. The fourth-order valence-electron chi connectivity index (χ4n) is 2.82. The highest BCUT2D eigenvalue weighted by Crippen LogP contribution is 2.21. The van der Waals surface area contributed by atoms with Gasteiger partial charge in [-0.2, -0.15) is 0 Å². The average Bonchev–Trinajstić information content (AvgIpc) is 3.14. The van der Waals surface area contributed by atoms with Crippen LogP contribution in [0.1, 0.15) is 52.3 Å². The van der Waals surface area contributed by atoms with Crippen LogP contribution in [0.25, 0.3) is 11.3 Å². The van der Waals surface area contributed by atoms with E-state index >= 15 is 0 Å². The monoisotopic (exact) mass is 404 g/mol. The number of hydrogen-bond donors (Lipinski definition) is 1. The quantitative estimate of drug-likeness (QED) is 0.565. The number of amides is 1. The number of halogens is 1. The molecule has 1 N–H and O–H groups in total. The largest absolute Gasteiger partial charge is 0.456 e. The number of esters is 1. The molecular weight excluding hydrogens is 375 g/mol. The van der Waals surface area contributed by atoms with E-state index in [4.69, 9.17) is 9.15 Å². The van der Waals surface area contributed by atoms with Crippen molar-refractivity contribution in [2.24, 2.45) is 5.92 Å². The molecular formula is C22H29FN2O4. The van der Waals surface area contributed by atoms with Crippen LogP contribution in [0.15, 0.2) is 34.9 Å². The molecule has 1 unspecified atom stereocenters. The molecule has 0 aliphatic rings. The van der Waals surface area contributed by atoms with Crippen LogP contribution >= 0.6 is 0 Å². The minimum absolute atomic E-state index is 0.0529. The number of ether oxygens (including phenoxy) is 1. The van der Waals surface area contributed by atoms with E-state index in [0.717, 1.165) is 19.3 Å². The Balaban J connectivity index is 1.67. The molecule has 1 amide bonds. The van der Waals surface area contributed by atoms with Crippen LogP contribution in [-0.2, 0) is 20.7 Å². The maximum absolute atomic E-state index is 13.0. The minimum Gasteiger partial charge on any atom is -0.456 e. The first-order valence-corrected chi connectivity index (χ1v) is 9.99. The number of hydrogen-bond acceptors (Lipinski definition) is 5. The molecule has 7 heteroatoms. The second kappa shape index (κ2) is 11.3. The van der Waals surface area contributed by atoms with Gasteiger partial charge >= 0.3 is 5.97 Å². The average molecular weight is 404 g/mol. The molecule has 0 saturated heterocycles. The number of carbonyl (C=O) groups is 2. The van der Waals surface area contributed by atoms with E-state index in [2.05, 4.69) is 24.1 Å². The van der Waals surface area contributed by atoms with Gasteiger partial charge in [-0.05, 0) is 43.5 Å². The summed E-state index contributed by atoms with van der Waals surface area (Å²) in [6.07, 6.45) is 4.92. The molecule has 0 fully saturated rings. The van der Waals surface area contributed by atoms with Gasteiger partial charge in [-0.1, -0.05) is 26.7 Å². The summed E-state index contributed by atoms with van der Waals surface area (Å²) in [7, 11) is 0. The molecule has 158 valence electrons. The molecule has 0 bridgehead atoms. The van der Waals surface area contributed by atoms with Crippen molar-refractivity contribution < 1.29 is 23.1 Å². The van der Waals surface area contributed by atoms with Gasteiger partial charge in [0.15, 0.2) is 18.3 Å². The molecule has 2 aromatic rings. The molecule has 2 rings (SSSR count). The number of rotatable bonds is 11. The van der Waals surface area contributed by atoms with Gasteiger partial charge in [0.05, 0.1) is 12.6 Å². The van der Waals surface area contributed by atoms with Crippen LogP contribution in [0.4, 0.5) is 4.39 Å². The highest BCUT2D eigenvalue weighted by molar-refractivity contribution is 5.80. The summed E-state index contributed by atoms with van der Waals surface area (Å²) in [4.78, 5) is 27.8. The van der Waals surface area contributed by atoms with Crippen molar-refractivity contribution >= 4 is 11.9 Å². The van der Waals surface area contributed by atoms with Gasteiger partial charge in [-0.3, -0.25) is 9.59 Å². The first-order chi connectivity index (χ1) is 13.8. The molecule has 1 atom stereocenters. The standard InChI is InChI=1S/C22H29FN2O4/c1-15(2)5-4-6-16(3)25-20(26)14-28-22(27)12-11-21-24-13-19(29-21)17-7-9-18(23)10-8-17/h7-10,13,15-16H,4-6,11-12,14H2,1-3H3,(H,25,26). The fourth-order valence-corrected chi connectivity index (χ4v) is 2.82. The summed E-state index contributed by atoms with van der Waals surface area (Å²) >= 11 is 0. The number of nitrogens with one attached hydrogen (secondary N) is 1. The van der Waals surface area contributed by atoms with Gasteiger partial charge in [0.1, 0.15) is 5.82 Å². The first kappa shape index (κ1) is 22.6. The van der Waals surface area contributed by atoms with Crippen LogP contribution in [0, 0.1) is 11.7 Å². The lowest BCUT2D eigenvalue weighted by molar-refractivity contribution is -0.148. The van der Waals surface area contributed by atoms with E-state index in [1.54, 1.807) is 12.1 Å². The summed E-state index contributed by atoms with van der Waals surface area (Å²) < 4.78 is 23.6. The predicted octanol–water partition coefficient (Wildman–Crippen LogP) is 4.29. The maximum Gasteiger partial charge on any atom is 0.306 e. The lowest BCUT2D eigenvalue weighted by Gasteiger charge is -2.14. The SMILES string of the molecule is CC(C)CCCC(C)NC(=O)COC(=O)CCc1ncc(-c2ccc(F)cc2)o1. The zero-order chi connectivity index (χ0) is 21.2. The van der Waals surface area contributed by atoms with Crippen LogP contribution in [-0.4, -0.2) is 29.5 Å². The fraction of sp³-hybridized carbons (Fsp3) is 0.500. The number of carbonyl (C=O) groups excluding carboxylic acids is 2. The third-order valence-corrected chi connectivity index (χ3v) is 4.42. The van der Waals surface area contributed by atoms with Gasteiger partial charge in [-0.15, -0.1) is 0 Å². The smallest absolute Gasteiger partial charge is 0.306 e. The number of nitrogens with zero attached hydrogens (tertiary/aromatic N) is 1. The van der Waals surface area contributed by atoms with Crippen molar-refractivity contribution in [1.29, 1.82) is 0 Å². The Bertz CT molecular complexity index is 786. The predicted molar refractivity (Wildman–Crippen MR) is 107 cm³/mol. The number of oxazole rings is 1. The van der Waals surface area contributed by atoms with Gasteiger partial charge in [-0.25, -0.2) is 9.37 Å². The number of benzene rings is 1. The second-order valence-corrected chi connectivity index (χ2v) is 7.58. The van der Waals surface area contributed by atoms with E-state index in [1.165, 1.54) is 18.3 Å². The van der Waals surface area contributed by atoms with Gasteiger partial charge in [0.2, 0.25) is 0 Å². The van der Waals surface area contributed by atoms with Crippen molar-refractivity contribution in [1.82, 2.24) is 10.3 Å². The van der Waals surface area contributed by atoms with Crippen LogP contribution < -0.4 is 5.32 Å². The van der Waals surface area contributed by atoms with E-state index in [9.17, 15) is 14.0 Å².